The van der Waals surface area contributed by atoms with E-state index < -0.39 is 21.2 Å². The molecule has 1 aliphatic rings. The third kappa shape index (κ3) is 2.45. The van der Waals surface area contributed by atoms with Crippen molar-refractivity contribution in [2.24, 2.45) is 0 Å². The van der Waals surface area contributed by atoms with Gasteiger partial charge in [0.25, 0.3) is 0 Å². The zero-order chi connectivity index (χ0) is 18.3. The van der Waals surface area contributed by atoms with Gasteiger partial charge in [0.2, 0.25) is 0 Å². The van der Waals surface area contributed by atoms with E-state index in [-0.39, 0.29) is 0 Å². The summed E-state index contributed by atoms with van der Waals surface area (Å²) in [6.07, 6.45) is 3.37. The number of benzene rings is 1. The van der Waals surface area contributed by atoms with Crippen molar-refractivity contribution < 1.29 is 9.85 Å². The molecule has 0 radical (unpaired) electrons. The van der Waals surface area contributed by atoms with Crippen molar-refractivity contribution in [1.82, 2.24) is 9.97 Å². The average Bonchev–Trinajstić information content (AvgIpc) is 3.32. The summed E-state index contributed by atoms with van der Waals surface area (Å²) in [5.74, 6) is 0. The maximum Gasteiger partial charge on any atom is 0.348 e. The van der Waals surface area contributed by atoms with Gasteiger partial charge in [-0.05, 0) is 12.1 Å². The molecule has 0 spiro atoms. The average molecular weight is 351 g/mol. The zero-order valence-corrected chi connectivity index (χ0v) is 13.1. The van der Waals surface area contributed by atoms with E-state index in [0.717, 1.165) is 17.8 Å². The third-order valence-corrected chi connectivity index (χ3v) is 3.95. The second kappa shape index (κ2) is 5.77. The van der Waals surface area contributed by atoms with E-state index in [1.807, 2.05) is 12.1 Å². The second-order valence-corrected chi connectivity index (χ2v) is 5.51. The van der Waals surface area contributed by atoms with Gasteiger partial charge in [0.1, 0.15) is 0 Å². The monoisotopic (exact) mass is 351 g/mol. The molecular formula is C16H11N6O4-. The van der Waals surface area contributed by atoms with Gasteiger partial charge in [0.05, 0.1) is 32.6 Å². The molecule has 2 aromatic heterocycles. The predicted molar refractivity (Wildman–Crippen MR) is 94.4 cm³/mol. The molecular weight excluding hydrogens is 340 g/mol. The lowest BCUT2D eigenvalue weighted by Gasteiger charge is -2.27. The number of aromatic nitrogens is 2. The Hall–Kier alpha value is -4.08. The number of aromatic amines is 1. The molecule has 0 aliphatic carbocycles. The highest BCUT2D eigenvalue weighted by Crippen LogP contribution is 2.42. The van der Waals surface area contributed by atoms with Crippen molar-refractivity contribution in [2.75, 3.05) is 10.6 Å². The molecule has 1 aromatic carbocycles. The minimum Gasteiger partial charge on any atom is -0.662 e. The molecule has 0 saturated carbocycles. The van der Waals surface area contributed by atoms with Crippen LogP contribution in [0.25, 0.3) is 11.4 Å². The van der Waals surface area contributed by atoms with Crippen molar-refractivity contribution in [3.63, 3.8) is 0 Å². The van der Waals surface area contributed by atoms with Gasteiger partial charge in [-0.25, -0.2) is 0 Å². The van der Waals surface area contributed by atoms with E-state index in [0.29, 0.717) is 28.5 Å². The van der Waals surface area contributed by atoms with Crippen LogP contribution in [0, 0.1) is 20.2 Å². The summed E-state index contributed by atoms with van der Waals surface area (Å²) >= 11 is 0. The van der Waals surface area contributed by atoms with Crippen molar-refractivity contribution in [1.29, 1.82) is 0 Å². The van der Waals surface area contributed by atoms with Gasteiger partial charge >= 0.3 is 11.4 Å². The summed E-state index contributed by atoms with van der Waals surface area (Å²) in [4.78, 5) is 28.2. The number of anilines is 2. The van der Waals surface area contributed by atoms with Crippen molar-refractivity contribution in [3.8, 4) is 0 Å². The number of nitro groups is 2. The number of nitro benzene ring substituents is 2. The first kappa shape index (κ1) is 15.4. The normalized spacial score (nSPS) is 12.9. The Kier molecular flexibility index (Phi) is 3.43. The van der Waals surface area contributed by atoms with Gasteiger partial charge in [-0.15, -0.1) is 5.69 Å². The lowest BCUT2D eigenvalue weighted by atomic mass is 10.1. The minimum atomic E-state index is -0.773. The van der Waals surface area contributed by atoms with E-state index in [9.17, 15) is 20.2 Å². The molecule has 3 aromatic rings. The van der Waals surface area contributed by atoms with Gasteiger partial charge < -0.3 is 20.6 Å². The summed E-state index contributed by atoms with van der Waals surface area (Å²) in [6.45, 7) is 0. The van der Waals surface area contributed by atoms with Gasteiger partial charge in [-0.3, -0.25) is 20.2 Å². The molecule has 0 fully saturated rings. The topological polar surface area (TPSA) is 140 Å². The lowest BCUT2D eigenvalue weighted by molar-refractivity contribution is -0.422. The van der Waals surface area contributed by atoms with E-state index in [1.54, 1.807) is 24.5 Å². The first-order valence-corrected chi connectivity index (χ1v) is 7.51. The fourth-order valence-electron chi connectivity index (χ4n) is 2.80. The molecule has 0 unspecified atom stereocenters. The quantitative estimate of drug-likeness (QED) is 0.484. The number of nitrogens with zero attached hydrogens (tertiary/aromatic N) is 3. The molecule has 130 valence electrons. The van der Waals surface area contributed by atoms with Crippen LogP contribution in [0.4, 0.5) is 22.7 Å². The van der Waals surface area contributed by atoms with E-state index >= 15 is 0 Å². The van der Waals surface area contributed by atoms with Crippen molar-refractivity contribution >= 4 is 34.1 Å². The Labute approximate surface area is 145 Å². The fraction of sp³-hybridized carbons (Fsp3) is 0. The second-order valence-electron chi connectivity index (χ2n) is 5.51. The van der Waals surface area contributed by atoms with Crippen LogP contribution in [-0.4, -0.2) is 14.8 Å². The van der Waals surface area contributed by atoms with Crippen LogP contribution in [0.5, 0.6) is 0 Å². The smallest absolute Gasteiger partial charge is 0.348 e. The van der Waals surface area contributed by atoms with Gasteiger partial charge in [-0.1, -0.05) is 12.1 Å². The van der Waals surface area contributed by atoms with Crippen LogP contribution < -0.4 is 15.6 Å². The molecule has 4 rings (SSSR count). The highest BCUT2D eigenvalue weighted by molar-refractivity contribution is 6.05. The molecule has 1 aliphatic heterocycles. The number of hydrogen-bond acceptors (Lipinski definition) is 6. The molecule has 3 N–H and O–H groups in total. The van der Waals surface area contributed by atoms with Crippen molar-refractivity contribution in [2.45, 2.75) is 0 Å². The highest BCUT2D eigenvalue weighted by Gasteiger charge is 2.30. The van der Waals surface area contributed by atoms with E-state index in [4.69, 9.17) is 0 Å². The van der Waals surface area contributed by atoms with E-state index in [2.05, 4.69) is 20.6 Å². The largest absolute Gasteiger partial charge is 0.662 e. The lowest BCUT2D eigenvalue weighted by Crippen LogP contribution is -2.16. The van der Waals surface area contributed by atoms with E-state index in [1.165, 1.54) is 0 Å². The summed E-state index contributed by atoms with van der Waals surface area (Å²) < 4.78 is 0. The van der Waals surface area contributed by atoms with Gasteiger partial charge in [-0.2, -0.15) is 6.20 Å². The van der Waals surface area contributed by atoms with Crippen LogP contribution in [0.15, 0.2) is 48.8 Å². The zero-order valence-electron chi connectivity index (χ0n) is 13.1. The van der Waals surface area contributed by atoms with Crippen LogP contribution >= 0.6 is 0 Å². The summed E-state index contributed by atoms with van der Waals surface area (Å²) in [7, 11) is 0. The summed E-state index contributed by atoms with van der Waals surface area (Å²) in [5.41, 5.74) is 2.16. The Bertz CT molecular complexity index is 954. The third-order valence-electron chi connectivity index (χ3n) is 3.95. The Morgan fingerprint density at radius 1 is 0.885 bits per heavy atom. The number of hydrogen-bond donors (Lipinski definition) is 3. The highest BCUT2D eigenvalue weighted by atomic mass is 16.6. The molecule has 3 heterocycles. The summed E-state index contributed by atoms with van der Waals surface area (Å²) in [5, 5.41) is 28.6. The van der Waals surface area contributed by atoms with Crippen LogP contribution in [-0.2, 0) is 0 Å². The standard InChI is InChI=1S/C16H11N6O4/c23-21(24)13-7-11-12(8-14(13)22(25)26)20-16(10-4-2-6-18-10)15(19-11)9-3-1-5-17-9/h1-8,17,19-20H/q-1. The number of fused-ring (bicyclic) bond motifs is 1. The maximum atomic E-state index is 11.2. The summed E-state index contributed by atoms with van der Waals surface area (Å²) in [6, 6.07) is 9.50. The molecule has 10 heteroatoms. The van der Waals surface area contributed by atoms with Gasteiger partial charge in [0.15, 0.2) is 0 Å². The molecule has 0 saturated heterocycles. The van der Waals surface area contributed by atoms with Crippen LogP contribution in [0.2, 0.25) is 0 Å². The van der Waals surface area contributed by atoms with Crippen LogP contribution in [0.3, 0.4) is 0 Å². The number of nitrogens with one attached hydrogen (secondary N) is 3. The molecule has 0 bridgehead atoms. The Morgan fingerprint density at radius 3 is 2.04 bits per heavy atom. The first-order chi connectivity index (χ1) is 12.5. The minimum absolute atomic E-state index is 0.357. The number of H-pyrrole nitrogens is 1. The first-order valence-electron chi connectivity index (χ1n) is 7.51. The molecule has 10 nitrogen and oxygen atoms in total. The molecule has 0 amide bonds. The number of rotatable bonds is 4. The SMILES string of the molecule is O=[N+]([O-])c1cc2c(cc1[N+](=O)[O-])NC(c1ccc[nH]1)=C(c1ccc[n-]1)N2. The fourth-order valence-corrected chi connectivity index (χ4v) is 2.80. The molecule has 0 atom stereocenters. The van der Waals surface area contributed by atoms with Gasteiger partial charge in [0, 0.05) is 24.0 Å². The Morgan fingerprint density at radius 2 is 1.54 bits per heavy atom. The molecule has 26 heavy (non-hydrogen) atoms. The predicted octanol–water partition coefficient (Wildman–Crippen LogP) is 3.15. The van der Waals surface area contributed by atoms with Crippen molar-refractivity contribution in [3.05, 3.63) is 80.4 Å². The Balaban J connectivity index is 1.89. The maximum absolute atomic E-state index is 11.2. The van der Waals surface area contributed by atoms with Crippen LogP contribution in [0.1, 0.15) is 11.4 Å².